The molecule has 0 spiro atoms. The zero-order valence-corrected chi connectivity index (χ0v) is 18.5. The number of hydrogen-bond donors (Lipinski definition) is 1. The molecule has 2 aromatic carbocycles. The van der Waals surface area contributed by atoms with Crippen LogP contribution in [0.25, 0.3) is 5.57 Å². The van der Waals surface area contributed by atoms with Crippen LogP contribution in [0.1, 0.15) is 23.6 Å². The van der Waals surface area contributed by atoms with Gasteiger partial charge in [0.2, 0.25) is 0 Å². The maximum atomic E-state index is 13.6. The fourth-order valence-electron chi connectivity index (χ4n) is 2.55. The van der Waals surface area contributed by atoms with Gasteiger partial charge in [-0.05, 0) is 36.4 Å². The number of halogens is 7. The first-order valence-electron chi connectivity index (χ1n) is 9.40. The Kier molecular flexibility index (Phi) is 9.82. The molecule has 0 aliphatic heterocycles. The van der Waals surface area contributed by atoms with E-state index in [1.807, 2.05) is 0 Å². The number of hydrogen-bond acceptors (Lipinski definition) is 5. The van der Waals surface area contributed by atoms with Crippen molar-refractivity contribution in [1.82, 2.24) is 0 Å². The van der Waals surface area contributed by atoms with Crippen LogP contribution in [0, 0.1) is 17.1 Å². The Bertz CT molecular complexity index is 1130. The second-order valence-electron chi connectivity index (χ2n) is 6.67. The quantitative estimate of drug-likeness (QED) is 0.413. The fraction of sp³-hybridized carbons (Fsp3) is 0.227. The van der Waals surface area contributed by atoms with Gasteiger partial charge in [-0.25, -0.2) is 9.18 Å². The molecule has 0 saturated heterocycles. The number of anilines is 1. The van der Waals surface area contributed by atoms with E-state index in [9.17, 15) is 40.8 Å². The highest BCUT2D eigenvalue weighted by Gasteiger charge is 2.38. The number of amides is 1. The van der Waals surface area contributed by atoms with Crippen LogP contribution in [0.15, 0.2) is 47.6 Å². The van der Waals surface area contributed by atoms with Gasteiger partial charge < -0.3 is 10.5 Å². The van der Waals surface area contributed by atoms with Crippen molar-refractivity contribution >= 4 is 23.6 Å². The monoisotopic (exact) mass is 504 g/mol. The third kappa shape index (κ3) is 8.65. The third-order valence-corrected chi connectivity index (χ3v) is 4.00. The van der Waals surface area contributed by atoms with E-state index in [4.69, 9.17) is 10.5 Å². The Morgan fingerprint density at radius 3 is 2.09 bits per heavy atom. The molecule has 2 aromatic rings. The number of nitriles is 1. The summed E-state index contributed by atoms with van der Waals surface area (Å²) in [6.07, 6.45) is -7.99. The van der Waals surface area contributed by atoms with E-state index in [1.165, 1.54) is 26.2 Å². The molecule has 0 aromatic heterocycles. The molecule has 13 heteroatoms. The number of allylic oxidation sites excluding steroid dienone is 1. The van der Waals surface area contributed by atoms with Crippen molar-refractivity contribution in [2.45, 2.75) is 19.3 Å². The number of ether oxygens (including phenoxy) is 1. The fourth-order valence-corrected chi connectivity index (χ4v) is 2.55. The minimum atomic E-state index is -4.89. The predicted octanol–water partition coefficient (Wildman–Crippen LogP) is 5.92. The Hall–Kier alpha value is -4.08. The van der Waals surface area contributed by atoms with E-state index < -0.39 is 35.6 Å². The first-order chi connectivity index (χ1) is 16.1. The van der Waals surface area contributed by atoms with E-state index in [1.54, 1.807) is 6.07 Å². The molecule has 0 fully saturated rings. The Labute approximate surface area is 195 Å². The van der Waals surface area contributed by atoms with Crippen LogP contribution in [0.2, 0.25) is 0 Å². The molecule has 0 heterocycles. The van der Waals surface area contributed by atoms with E-state index >= 15 is 0 Å². The molecule has 6 nitrogen and oxygen atoms in total. The van der Waals surface area contributed by atoms with Crippen molar-refractivity contribution in [3.63, 3.8) is 0 Å². The lowest BCUT2D eigenvalue weighted by atomic mass is 9.96. The van der Waals surface area contributed by atoms with E-state index in [0.717, 1.165) is 35.5 Å². The highest BCUT2D eigenvalue weighted by molar-refractivity contribution is 6.12. The highest BCUT2D eigenvalue weighted by Crippen LogP contribution is 2.42. The molecule has 2 N–H and O–H groups in total. The van der Waals surface area contributed by atoms with Gasteiger partial charge in [-0.15, -0.1) is 0 Å². The first-order valence-corrected chi connectivity index (χ1v) is 9.40. The molecule has 2 rings (SSSR count). The number of nitrogens with two attached hydrogens (primary N) is 1. The van der Waals surface area contributed by atoms with Crippen LogP contribution >= 0.6 is 0 Å². The first kappa shape index (κ1) is 29.0. The summed E-state index contributed by atoms with van der Waals surface area (Å²) in [5.74, 6) is -1.45. The summed E-state index contributed by atoms with van der Waals surface area (Å²) < 4.78 is 90.1. The number of rotatable bonds is 4. The molecular weight excluding hydrogens is 485 g/mol. The van der Waals surface area contributed by atoms with Crippen LogP contribution in [0.5, 0.6) is 5.75 Å². The predicted molar refractivity (Wildman–Crippen MR) is 115 cm³/mol. The van der Waals surface area contributed by atoms with Gasteiger partial charge >= 0.3 is 18.4 Å². The van der Waals surface area contributed by atoms with Gasteiger partial charge in [-0.1, -0.05) is 0 Å². The average molecular weight is 504 g/mol. The van der Waals surface area contributed by atoms with Gasteiger partial charge in [-0.2, -0.15) is 31.6 Å². The molecule has 0 saturated carbocycles. The van der Waals surface area contributed by atoms with Crippen molar-refractivity contribution in [3.05, 3.63) is 65.1 Å². The Morgan fingerprint density at radius 2 is 1.66 bits per heavy atom. The maximum Gasteiger partial charge on any atom is 0.420 e. The largest absolute Gasteiger partial charge is 0.420 e. The summed E-state index contributed by atoms with van der Waals surface area (Å²) in [5, 5.41) is 9.37. The van der Waals surface area contributed by atoms with Crippen molar-refractivity contribution in [3.8, 4) is 11.8 Å². The summed E-state index contributed by atoms with van der Waals surface area (Å²) in [6.45, 7) is 0.188. The molecule has 1 amide bonds. The SMILES string of the molecule is CC(F)(F)F.CN=C/C(=C\N)c1c(C#N)ccc(C(F)(F)F)c1OC(=O)N(C)c1ccc(F)cc1. The Morgan fingerprint density at radius 1 is 1.11 bits per heavy atom. The van der Waals surface area contributed by atoms with E-state index in [-0.39, 0.29) is 29.3 Å². The third-order valence-electron chi connectivity index (χ3n) is 4.00. The van der Waals surface area contributed by atoms with Crippen LogP contribution in [-0.4, -0.2) is 32.6 Å². The van der Waals surface area contributed by atoms with Gasteiger partial charge in [-0.3, -0.25) is 9.89 Å². The van der Waals surface area contributed by atoms with Gasteiger partial charge in [0.1, 0.15) is 5.82 Å². The molecule has 0 radical (unpaired) electrons. The molecule has 188 valence electrons. The zero-order valence-electron chi connectivity index (χ0n) is 18.5. The molecular formula is C22H19F7N4O2. The average Bonchev–Trinajstić information content (AvgIpc) is 2.75. The summed E-state index contributed by atoms with van der Waals surface area (Å²) in [6, 6.07) is 8.01. The summed E-state index contributed by atoms with van der Waals surface area (Å²) in [7, 11) is 2.60. The molecule has 0 aliphatic carbocycles. The van der Waals surface area contributed by atoms with Crippen molar-refractivity contribution in [2.75, 3.05) is 19.0 Å². The van der Waals surface area contributed by atoms with Gasteiger partial charge in [0, 0.05) is 50.3 Å². The van der Waals surface area contributed by atoms with E-state index in [0.29, 0.717) is 6.07 Å². The minimum absolute atomic E-state index is 0.0487. The van der Waals surface area contributed by atoms with Gasteiger partial charge in [0.05, 0.1) is 17.2 Å². The molecule has 0 aliphatic rings. The highest BCUT2D eigenvalue weighted by atomic mass is 19.4. The summed E-state index contributed by atoms with van der Waals surface area (Å²) in [4.78, 5) is 17.2. The van der Waals surface area contributed by atoms with Gasteiger partial charge in [0.15, 0.2) is 5.75 Å². The maximum absolute atomic E-state index is 13.6. The molecule has 0 atom stereocenters. The topological polar surface area (TPSA) is 91.7 Å². The number of aliphatic imine (C=N–C) groups is 1. The van der Waals surface area contributed by atoms with Crippen molar-refractivity contribution < 1.29 is 40.3 Å². The summed E-state index contributed by atoms with van der Waals surface area (Å²) >= 11 is 0. The van der Waals surface area contributed by atoms with Crippen LogP contribution in [-0.2, 0) is 6.18 Å². The number of carbonyl (C=O) groups is 1. The van der Waals surface area contributed by atoms with Crippen LogP contribution < -0.4 is 15.4 Å². The molecule has 35 heavy (non-hydrogen) atoms. The lowest BCUT2D eigenvalue weighted by Crippen LogP contribution is -2.30. The van der Waals surface area contributed by atoms with Crippen LogP contribution in [0.3, 0.4) is 0 Å². The number of benzene rings is 2. The zero-order chi connectivity index (χ0) is 27.0. The number of nitrogens with zero attached hydrogens (tertiary/aromatic N) is 3. The van der Waals surface area contributed by atoms with Gasteiger partial charge in [0.25, 0.3) is 0 Å². The number of alkyl halides is 6. The van der Waals surface area contributed by atoms with Crippen molar-refractivity contribution in [2.24, 2.45) is 10.7 Å². The smallest absolute Gasteiger partial charge is 0.409 e. The van der Waals surface area contributed by atoms with Crippen LogP contribution in [0.4, 0.5) is 41.2 Å². The second kappa shape index (κ2) is 11.9. The second-order valence-corrected chi connectivity index (χ2v) is 6.67. The molecule has 0 unspecified atom stereocenters. The molecule has 0 bridgehead atoms. The standard InChI is InChI=1S/C20H16F4N4O2.C2H3F3/c1-27-11-13(10-26)17-12(9-25)3-8-16(20(22,23)24)18(17)30-19(29)28(2)15-6-4-14(21)5-7-15;1-2(3,4)5/h3-8,10-11H,26H2,1-2H3;1H3/b13-10+,27-11?;. The van der Waals surface area contributed by atoms with E-state index in [2.05, 4.69) is 4.99 Å². The lowest BCUT2D eigenvalue weighted by Gasteiger charge is -2.21. The Balaban J connectivity index is 0.00000111. The minimum Gasteiger partial charge on any atom is -0.409 e. The number of carbonyl (C=O) groups excluding carboxylic acids is 1. The van der Waals surface area contributed by atoms with Crippen molar-refractivity contribution in [1.29, 1.82) is 5.26 Å². The normalized spacial score (nSPS) is 12.0. The lowest BCUT2D eigenvalue weighted by molar-refractivity contribution is -0.138. The summed E-state index contributed by atoms with van der Waals surface area (Å²) in [5.41, 5.74) is 3.83.